The first kappa shape index (κ1) is 18.8. The van der Waals surface area contributed by atoms with E-state index in [2.05, 4.69) is 0 Å². The van der Waals surface area contributed by atoms with Crippen LogP contribution in [0.3, 0.4) is 0 Å². The van der Waals surface area contributed by atoms with Gasteiger partial charge < -0.3 is 9.64 Å². The highest BCUT2D eigenvalue weighted by molar-refractivity contribution is 7.89. The SMILES string of the molecule is Cc1cc(F)ccc1S(=O)(=O)N1CCOC(c2ccc(N(C)C)cc2)C1. The van der Waals surface area contributed by atoms with Crippen molar-refractivity contribution in [2.24, 2.45) is 0 Å². The van der Waals surface area contributed by atoms with E-state index in [1.165, 1.54) is 22.5 Å². The molecule has 1 aliphatic heterocycles. The molecule has 0 spiro atoms. The maximum Gasteiger partial charge on any atom is 0.243 e. The summed E-state index contributed by atoms with van der Waals surface area (Å²) >= 11 is 0. The van der Waals surface area contributed by atoms with E-state index in [9.17, 15) is 12.8 Å². The van der Waals surface area contributed by atoms with Gasteiger partial charge in [-0.3, -0.25) is 0 Å². The van der Waals surface area contributed by atoms with Crippen LogP contribution in [0.25, 0.3) is 0 Å². The third-order valence-electron chi connectivity index (χ3n) is 4.57. The fourth-order valence-electron chi connectivity index (χ4n) is 3.07. The van der Waals surface area contributed by atoms with Gasteiger partial charge in [0.1, 0.15) is 5.82 Å². The molecule has 1 saturated heterocycles. The second-order valence-corrected chi connectivity index (χ2v) is 8.52. The fourth-order valence-corrected chi connectivity index (χ4v) is 4.70. The quantitative estimate of drug-likeness (QED) is 0.821. The standard InChI is InChI=1S/C19H23FN2O3S/c1-14-12-16(20)6-9-19(14)26(23,24)22-10-11-25-18(13-22)15-4-7-17(8-5-15)21(2)3/h4-9,12,18H,10-11,13H2,1-3H3. The van der Waals surface area contributed by atoms with E-state index >= 15 is 0 Å². The molecule has 0 saturated carbocycles. The smallest absolute Gasteiger partial charge is 0.243 e. The third kappa shape index (κ3) is 3.75. The van der Waals surface area contributed by atoms with E-state index in [1.807, 2.05) is 43.3 Å². The number of sulfonamides is 1. The predicted octanol–water partition coefficient (Wildman–Crippen LogP) is 2.96. The van der Waals surface area contributed by atoms with Gasteiger partial charge in [-0.15, -0.1) is 0 Å². The van der Waals surface area contributed by atoms with E-state index in [1.54, 1.807) is 6.92 Å². The van der Waals surface area contributed by atoms with Crippen molar-refractivity contribution in [3.8, 4) is 0 Å². The Hall–Kier alpha value is -1.96. The number of ether oxygens (including phenoxy) is 1. The maximum absolute atomic E-state index is 13.3. The van der Waals surface area contributed by atoms with Gasteiger partial charge in [0.25, 0.3) is 0 Å². The normalized spacial score (nSPS) is 18.7. The molecule has 0 bridgehead atoms. The van der Waals surface area contributed by atoms with Crippen LogP contribution in [-0.4, -0.2) is 46.5 Å². The van der Waals surface area contributed by atoms with Crippen molar-refractivity contribution in [1.82, 2.24) is 4.31 Å². The summed E-state index contributed by atoms with van der Waals surface area (Å²) in [6.45, 7) is 2.44. The Morgan fingerprint density at radius 2 is 1.85 bits per heavy atom. The van der Waals surface area contributed by atoms with Crippen molar-refractivity contribution < 1.29 is 17.5 Å². The molecule has 0 radical (unpaired) electrons. The number of nitrogens with zero attached hydrogens (tertiary/aromatic N) is 2. The largest absolute Gasteiger partial charge is 0.378 e. The average Bonchev–Trinajstić information content (AvgIpc) is 2.61. The summed E-state index contributed by atoms with van der Waals surface area (Å²) in [4.78, 5) is 2.14. The van der Waals surface area contributed by atoms with Gasteiger partial charge >= 0.3 is 0 Å². The first-order chi connectivity index (χ1) is 12.3. The minimum Gasteiger partial charge on any atom is -0.378 e. The van der Waals surface area contributed by atoms with Crippen LogP contribution in [0.4, 0.5) is 10.1 Å². The number of morpholine rings is 1. The fraction of sp³-hybridized carbons (Fsp3) is 0.368. The molecule has 3 rings (SSSR count). The molecule has 1 aliphatic rings. The molecule has 1 heterocycles. The van der Waals surface area contributed by atoms with Gasteiger partial charge in [0.2, 0.25) is 10.0 Å². The molecule has 0 N–H and O–H groups in total. The first-order valence-electron chi connectivity index (χ1n) is 8.44. The van der Waals surface area contributed by atoms with Crippen LogP contribution in [0.1, 0.15) is 17.2 Å². The van der Waals surface area contributed by atoms with E-state index in [-0.39, 0.29) is 24.1 Å². The van der Waals surface area contributed by atoms with Crippen LogP contribution >= 0.6 is 0 Å². The topological polar surface area (TPSA) is 49.9 Å². The second-order valence-electron chi connectivity index (χ2n) is 6.62. The molecule has 2 aromatic carbocycles. The molecule has 140 valence electrons. The van der Waals surface area contributed by atoms with Crippen molar-refractivity contribution in [1.29, 1.82) is 0 Å². The Morgan fingerprint density at radius 1 is 1.15 bits per heavy atom. The molecule has 1 fully saturated rings. The van der Waals surface area contributed by atoms with Crippen molar-refractivity contribution in [2.45, 2.75) is 17.9 Å². The van der Waals surface area contributed by atoms with Crippen LogP contribution in [-0.2, 0) is 14.8 Å². The molecule has 2 aromatic rings. The van der Waals surface area contributed by atoms with Crippen molar-refractivity contribution in [3.05, 3.63) is 59.4 Å². The van der Waals surface area contributed by atoms with E-state index in [0.29, 0.717) is 12.2 Å². The van der Waals surface area contributed by atoms with E-state index in [4.69, 9.17) is 4.74 Å². The lowest BCUT2D eigenvalue weighted by atomic mass is 10.1. The summed E-state index contributed by atoms with van der Waals surface area (Å²) in [5, 5.41) is 0. The first-order valence-corrected chi connectivity index (χ1v) is 9.88. The second kappa shape index (κ2) is 7.34. The van der Waals surface area contributed by atoms with Crippen molar-refractivity contribution in [3.63, 3.8) is 0 Å². The minimum atomic E-state index is -3.69. The zero-order valence-corrected chi connectivity index (χ0v) is 16.0. The van der Waals surface area contributed by atoms with Gasteiger partial charge in [-0.25, -0.2) is 12.8 Å². The number of hydrogen-bond acceptors (Lipinski definition) is 4. The molecule has 26 heavy (non-hydrogen) atoms. The number of aryl methyl sites for hydroxylation is 1. The number of halogens is 1. The number of anilines is 1. The van der Waals surface area contributed by atoms with Gasteiger partial charge in [-0.05, 0) is 48.4 Å². The average molecular weight is 378 g/mol. The lowest BCUT2D eigenvalue weighted by molar-refractivity contribution is -0.00256. The molecular weight excluding hydrogens is 355 g/mol. The zero-order valence-electron chi connectivity index (χ0n) is 15.1. The Labute approximate surface area is 154 Å². The summed E-state index contributed by atoms with van der Waals surface area (Å²) in [6.07, 6.45) is -0.324. The summed E-state index contributed by atoms with van der Waals surface area (Å²) in [6, 6.07) is 11.6. The third-order valence-corrected chi connectivity index (χ3v) is 6.59. The lowest BCUT2D eigenvalue weighted by Gasteiger charge is -2.33. The van der Waals surface area contributed by atoms with Crippen LogP contribution in [0, 0.1) is 12.7 Å². The van der Waals surface area contributed by atoms with Crippen molar-refractivity contribution in [2.75, 3.05) is 38.7 Å². The summed E-state index contributed by atoms with van der Waals surface area (Å²) in [5.41, 5.74) is 2.41. The summed E-state index contributed by atoms with van der Waals surface area (Å²) < 4.78 is 46.5. The highest BCUT2D eigenvalue weighted by Crippen LogP contribution is 2.29. The molecule has 5 nitrogen and oxygen atoms in total. The Kier molecular flexibility index (Phi) is 5.32. The molecule has 7 heteroatoms. The van der Waals surface area contributed by atoms with E-state index < -0.39 is 15.8 Å². The predicted molar refractivity (Wildman–Crippen MR) is 99.4 cm³/mol. The molecular formula is C19H23FN2O3S. The molecule has 1 atom stereocenters. The number of rotatable bonds is 4. The Balaban J connectivity index is 1.83. The van der Waals surface area contributed by atoms with Crippen LogP contribution in [0.15, 0.2) is 47.4 Å². The monoisotopic (exact) mass is 378 g/mol. The van der Waals surface area contributed by atoms with Gasteiger partial charge in [-0.2, -0.15) is 4.31 Å². The Bertz CT molecular complexity index is 882. The zero-order chi connectivity index (χ0) is 18.9. The molecule has 0 amide bonds. The molecule has 1 unspecified atom stereocenters. The highest BCUT2D eigenvalue weighted by Gasteiger charge is 2.32. The van der Waals surface area contributed by atoms with Crippen LogP contribution in [0.2, 0.25) is 0 Å². The van der Waals surface area contributed by atoms with Gasteiger partial charge in [0, 0.05) is 32.9 Å². The number of benzene rings is 2. The summed E-state index contributed by atoms with van der Waals surface area (Å²) in [7, 11) is 0.234. The lowest BCUT2D eigenvalue weighted by Crippen LogP contribution is -2.42. The highest BCUT2D eigenvalue weighted by atomic mass is 32.2. The van der Waals surface area contributed by atoms with Gasteiger partial charge in [0.15, 0.2) is 0 Å². The number of hydrogen-bond donors (Lipinski definition) is 0. The Morgan fingerprint density at radius 3 is 2.46 bits per heavy atom. The molecule has 0 aliphatic carbocycles. The minimum absolute atomic E-state index is 0.141. The maximum atomic E-state index is 13.3. The van der Waals surface area contributed by atoms with Crippen LogP contribution < -0.4 is 4.90 Å². The van der Waals surface area contributed by atoms with Crippen LogP contribution in [0.5, 0.6) is 0 Å². The van der Waals surface area contributed by atoms with Crippen molar-refractivity contribution >= 4 is 15.7 Å². The summed E-state index contributed by atoms with van der Waals surface area (Å²) in [5.74, 6) is -0.442. The van der Waals surface area contributed by atoms with Gasteiger partial charge in [-0.1, -0.05) is 12.1 Å². The van der Waals surface area contributed by atoms with E-state index in [0.717, 1.165) is 11.3 Å². The molecule has 0 aromatic heterocycles. The van der Waals surface area contributed by atoms with Gasteiger partial charge in [0.05, 0.1) is 17.6 Å².